The molecule has 0 unspecified atom stereocenters. The molecule has 0 spiro atoms. The summed E-state index contributed by atoms with van der Waals surface area (Å²) in [7, 11) is 1.45. The summed E-state index contributed by atoms with van der Waals surface area (Å²) >= 11 is 0. The van der Waals surface area contributed by atoms with E-state index in [-0.39, 0.29) is 5.69 Å². The van der Waals surface area contributed by atoms with Crippen molar-refractivity contribution in [1.82, 2.24) is 9.78 Å². The predicted molar refractivity (Wildman–Crippen MR) is 31.8 cm³/mol. The molecule has 1 aromatic heterocycles. The lowest BCUT2D eigenvalue weighted by molar-refractivity contribution is -0.138. The quantitative estimate of drug-likeness (QED) is 0.567. The molecule has 0 bridgehead atoms. The SMILES string of the molecule is Cc1c(C(F)(F)F)[c]nn1C. The van der Waals surface area contributed by atoms with Gasteiger partial charge in [0.15, 0.2) is 0 Å². The molecule has 0 N–H and O–H groups in total. The predicted octanol–water partition coefficient (Wildman–Crippen LogP) is 1.55. The highest BCUT2D eigenvalue weighted by atomic mass is 19.4. The summed E-state index contributed by atoms with van der Waals surface area (Å²) in [6.45, 7) is 1.35. The average molecular weight is 163 g/mol. The molecular formula is C6H6F3N2. The third-order valence-corrected chi connectivity index (χ3v) is 1.44. The number of nitrogens with zero attached hydrogens (tertiary/aromatic N) is 2. The molecule has 0 aliphatic rings. The molecule has 1 aromatic rings. The highest BCUT2D eigenvalue weighted by Gasteiger charge is 2.34. The highest BCUT2D eigenvalue weighted by molar-refractivity contribution is 5.17. The fourth-order valence-corrected chi connectivity index (χ4v) is 0.711. The van der Waals surface area contributed by atoms with Gasteiger partial charge in [0.2, 0.25) is 0 Å². The smallest absolute Gasteiger partial charge is 0.272 e. The molecule has 1 radical (unpaired) electrons. The number of aromatic nitrogens is 2. The average Bonchev–Trinajstić information content (AvgIpc) is 2.11. The molecule has 61 valence electrons. The van der Waals surface area contributed by atoms with E-state index in [0.717, 1.165) is 4.68 Å². The third-order valence-electron chi connectivity index (χ3n) is 1.44. The number of rotatable bonds is 0. The largest absolute Gasteiger partial charge is 0.420 e. The Morgan fingerprint density at radius 3 is 2.18 bits per heavy atom. The Bertz CT molecular complexity index is 261. The summed E-state index contributed by atoms with van der Waals surface area (Å²) in [5.74, 6) is 0. The number of hydrogen-bond acceptors (Lipinski definition) is 1. The van der Waals surface area contributed by atoms with Crippen LogP contribution in [0.25, 0.3) is 0 Å². The van der Waals surface area contributed by atoms with Crippen molar-refractivity contribution in [3.05, 3.63) is 17.5 Å². The Labute approximate surface area is 61.6 Å². The second kappa shape index (κ2) is 2.25. The number of alkyl halides is 3. The van der Waals surface area contributed by atoms with Gasteiger partial charge in [0.25, 0.3) is 0 Å². The summed E-state index contributed by atoms with van der Waals surface area (Å²) in [5, 5.41) is 3.35. The number of aryl methyl sites for hydroxylation is 1. The third kappa shape index (κ3) is 1.36. The second-order valence-electron chi connectivity index (χ2n) is 2.19. The summed E-state index contributed by atoms with van der Waals surface area (Å²) in [5.41, 5.74) is -0.711. The van der Waals surface area contributed by atoms with E-state index in [4.69, 9.17) is 0 Å². The fourth-order valence-electron chi connectivity index (χ4n) is 0.711. The van der Waals surface area contributed by atoms with Crippen LogP contribution in [-0.2, 0) is 13.2 Å². The van der Waals surface area contributed by atoms with E-state index in [1.165, 1.54) is 14.0 Å². The number of hydrogen-bond donors (Lipinski definition) is 0. The van der Waals surface area contributed by atoms with E-state index in [0.29, 0.717) is 0 Å². The first-order valence-corrected chi connectivity index (χ1v) is 2.91. The van der Waals surface area contributed by atoms with Gasteiger partial charge in [0, 0.05) is 12.7 Å². The Morgan fingerprint density at radius 2 is 2.00 bits per heavy atom. The van der Waals surface area contributed by atoms with E-state index in [9.17, 15) is 13.2 Å². The van der Waals surface area contributed by atoms with E-state index in [1.807, 2.05) is 6.20 Å². The van der Waals surface area contributed by atoms with Crippen molar-refractivity contribution in [3.8, 4) is 0 Å². The zero-order valence-electron chi connectivity index (χ0n) is 6.03. The van der Waals surface area contributed by atoms with Crippen LogP contribution in [0.3, 0.4) is 0 Å². The van der Waals surface area contributed by atoms with Gasteiger partial charge in [-0.3, -0.25) is 4.68 Å². The molecule has 0 aliphatic carbocycles. The van der Waals surface area contributed by atoms with E-state index >= 15 is 0 Å². The molecule has 2 nitrogen and oxygen atoms in total. The maximum Gasteiger partial charge on any atom is 0.420 e. The Hall–Kier alpha value is -1.00. The molecule has 0 aromatic carbocycles. The van der Waals surface area contributed by atoms with Crippen LogP contribution in [0.4, 0.5) is 13.2 Å². The van der Waals surface area contributed by atoms with Crippen LogP contribution in [0.1, 0.15) is 11.3 Å². The lowest BCUT2D eigenvalue weighted by atomic mass is 10.2. The normalized spacial score (nSPS) is 12.1. The van der Waals surface area contributed by atoms with Crippen molar-refractivity contribution in [3.63, 3.8) is 0 Å². The summed E-state index contributed by atoms with van der Waals surface area (Å²) in [6.07, 6.45) is -2.43. The molecule has 0 fully saturated rings. The van der Waals surface area contributed by atoms with Crippen molar-refractivity contribution in [2.75, 3.05) is 0 Å². The minimum absolute atomic E-state index is 0.0810. The van der Waals surface area contributed by atoms with Gasteiger partial charge >= 0.3 is 6.18 Å². The first-order chi connectivity index (χ1) is 4.93. The molecule has 0 atom stereocenters. The van der Waals surface area contributed by atoms with Crippen LogP contribution in [0.5, 0.6) is 0 Å². The van der Waals surface area contributed by atoms with Gasteiger partial charge in [-0.15, -0.1) is 0 Å². The van der Waals surface area contributed by atoms with Crippen LogP contribution in [-0.4, -0.2) is 9.78 Å². The molecule has 1 heterocycles. The van der Waals surface area contributed by atoms with Crippen molar-refractivity contribution in [2.45, 2.75) is 13.1 Å². The van der Waals surface area contributed by atoms with Crippen LogP contribution in [0.15, 0.2) is 0 Å². The Balaban J connectivity index is 3.15. The molecule has 0 aliphatic heterocycles. The van der Waals surface area contributed by atoms with Crippen LogP contribution in [0.2, 0.25) is 0 Å². The van der Waals surface area contributed by atoms with Crippen LogP contribution < -0.4 is 0 Å². The second-order valence-corrected chi connectivity index (χ2v) is 2.19. The lowest BCUT2D eigenvalue weighted by Crippen LogP contribution is -2.06. The minimum Gasteiger partial charge on any atom is -0.272 e. The monoisotopic (exact) mass is 163 g/mol. The first kappa shape index (κ1) is 8.10. The summed E-state index contributed by atoms with van der Waals surface area (Å²) < 4.78 is 37.1. The molecule has 1 rings (SSSR count). The van der Waals surface area contributed by atoms with E-state index < -0.39 is 11.7 Å². The van der Waals surface area contributed by atoms with Crippen molar-refractivity contribution < 1.29 is 13.2 Å². The zero-order chi connectivity index (χ0) is 8.65. The van der Waals surface area contributed by atoms with Crippen molar-refractivity contribution in [1.29, 1.82) is 0 Å². The van der Waals surface area contributed by atoms with Gasteiger partial charge in [0.1, 0.15) is 11.8 Å². The van der Waals surface area contributed by atoms with E-state index in [1.54, 1.807) is 0 Å². The van der Waals surface area contributed by atoms with E-state index in [2.05, 4.69) is 5.10 Å². The Kier molecular flexibility index (Phi) is 1.66. The van der Waals surface area contributed by atoms with Crippen LogP contribution >= 0.6 is 0 Å². The van der Waals surface area contributed by atoms with Gasteiger partial charge in [0.05, 0.1) is 0 Å². The van der Waals surface area contributed by atoms with Gasteiger partial charge in [-0.05, 0) is 6.92 Å². The Morgan fingerprint density at radius 1 is 1.45 bits per heavy atom. The maximum atomic E-state index is 12.0. The standard InChI is InChI=1S/C6H6F3N2/c1-4-5(6(7,8)9)3-10-11(4)2/h1-2H3. The van der Waals surface area contributed by atoms with Gasteiger partial charge in [-0.25, -0.2) is 0 Å². The molecule has 5 heteroatoms. The van der Waals surface area contributed by atoms with Gasteiger partial charge in [-0.1, -0.05) is 0 Å². The zero-order valence-corrected chi connectivity index (χ0v) is 6.03. The molecule has 0 saturated carbocycles. The summed E-state index contributed by atoms with van der Waals surface area (Å²) in [6, 6.07) is 0. The molecular weight excluding hydrogens is 157 g/mol. The maximum absolute atomic E-state index is 12.0. The van der Waals surface area contributed by atoms with Crippen LogP contribution in [0, 0.1) is 13.1 Å². The fraction of sp³-hybridized carbons (Fsp3) is 0.500. The molecule has 0 amide bonds. The molecule has 0 saturated heterocycles. The topological polar surface area (TPSA) is 17.8 Å². The number of halogens is 3. The first-order valence-electron chi connectivity index (χ1n) is 2.91. The van der Waals surface area contributed by atoms with Gasteiger partial charge < -0.3 is 0 Å². The summed E-state index contributed by atoms with van der Waals surface area (Å²) in [4.78, 5) is 0. The van der Waals surface area contributed by atoms with Gasteiger partial charge in [-0.2, -0.15) is 18.3 Å². The highest BCUT2D eigenvalue weighted by Crippen LogP contribution is 2.30. The minimum atomic E-state index is -4.33. The van der Waals surface area contributed by atoms with Crippen molar-refractivity contribution >= 4 is 0 Å². The molecule has 11 heavy (non-hydrogen) atoms. The lowest BCUT2D eigenvalue weighted by Gasteiger charge is -2.03. The van der Waals surface area contributed by atoms with Crippen molar-refractivity contribution in [2.24, 2.45) is 7.05 Å².